The van der Waals surface area contributed by atoms with Crippen LogP contribution in [0.1, 0.15) is 17.5 Å². The molecule has 0 aliphatic heterocycles. The Balaban J connectivity index is 2.73. The van der Waals surface area contributed by atoms with Crippen LogP contribution >= 0.6 is 0 Å². The van der Waals surface area contributed by atoms with E-state index in [4.69, 9.17) is 5.26 Å². The molecule has 1 rings (SSSR count). The molecular formula is C12H13NO2S. The van der Waals surface area contributed by atoms with E-state index < -0.39 is 9.84 Å². The summed E-state index contributed by atoms with van der Waals surface area (Å²) in [6.45, 7) is 3.49. The van der Waals surface area contributed by atoms with Crippen LogP contribution in [-0.4, -0.2) is 14.2 Å². The zero-order valence-corrected chi connectivity index (χ0v) is 9.70. The maximum absolute atomic E-state index is 11.6. The molecule has 0 saturated carbocycles. The number of nitrogens with zero attached hydrogens (tertiary/aromatic N) is 1. The van der Waals surface area contributed by atoms with E-state index in [0.717, 1.165) is 0 Å². The molecule has 0 aromatic heterocycles. The van der Waals surface area contributed by atoms with Gasteiger partial charge in [-0.25, -0.2) is 8.42 Å². The minimum Gasteiger partial charge on any atom is -0.228 e. The number of hydrogen-bond acceptors (Lipinski definition) is 3. The second-order valence-corrected chi connectivity index (χ2v) is 5.66. The molecule has 0 unspecified atom stereocenters. The predicted octanol–water partition coefficient (Wildman–Crippen LogP) is 2.05. The lowest BCUT2D eigenvalue weighted by atomic mass is 10.2. The maximum Gasteiger partial charge on any atom is 0.154 e. The second-order valence-electron chi connectivity index (χ2n) is 3.48. The number of sulfone groups is 1. The smallest absolute Gasteiger partial charge is 0.154 e. The van der Waals surface area contributed by atoms with Crippen LogP contribution in [0.4, 0.5) is 0 Å². The van der Waals surface area contributed by atoms with E-state index in [9.17, 15) is 8.42 Å². The normalized spacial score (nSPS) is 10.7. The summed E-state index contributed by atoms with van der Waals surface area (Å²) in [5.41, 5.74) is 1.25. The Morgan fingerprint density at radius 1 is 1.31 bits per heavy atom. The first-order chi connectivity index (χ1) is 7.57. The average molecular weight is 235 g/mol. The minimum absolute atomic E-state index is 0.0204. The van der Waals surface area contributed by atoms with Crippen LogP contribution in [0.5, 0.6) is 0 Å². The van der Waals surface area contributed by atoms with Gasteiger partial charge in [0.2, 0.25) is 0 Å². The summed E-state index contributed by atoms with van der Waals surface area (Å²) >= 11 is 0. The molecule has 0 N–H and O–H groups in total. The Morgan fingerprint density at radius 2 is 1.94 bits per heavy atom. The molecule has 0 heterocycles. The number of benzene rings is 1. The molecule has 0 radical (unpaired) electrons. The Hall–Kier alpha value is -1.60. The third-order valence-electron chi connectivity index (χ3n) is 2.10. The molecule has 0 atom stereocenters. The molecule has 0 saturated heterocycles. The van der Waals surface area contributed by atoms with Gasteiger partial charge in [0.25, 0.3) is 0 Å². The van der Waals surface area contributed by atoms with Gasteiger partial charge in [0, 0.05) is 0 Å². The van der Waals surface area contributed by atoms with Crippen LogP contribution in [0.15, 0.2) is 36.9 Å². The SMILES string of the molecule is C=CCCS(=O)(=O)Cc1ccc(C#N)cc1. The molecule has 0 fully saturated rings. The van der Waals surface area contributed by atoms with E-state index in [1.54, 1.807) is 30.3 Å². The largest absolute Gasteiger partial charge is 0.228 e. The molecule has 0 aliphatic rings. The third-order valence-corrected chi connectivity index (χ3v) is 3.73. The van der Waals surface area contributed by atoms with Crippen molar-refractivity contribution >= 4 is 9.84 Å². The van der Waals surface area contributed by atoms with E-state index in [1.807, 2.05) is 6.07 Å². The highest BCUT2D eigenvalue weighted by Gasteiger charge is 2.10. The van der Waals surface area contributed by atoms with Crippen LogP contribution < -0.4 is 0 Å². The fraction of sp³-hybridized carbons (Fsp3) is 0.250. The summed E-state index contributed by atoms with van der Waals surface area (Å²) in [4.78, 5) is 0. The van der Waals surface area contributed by atoms with E-state index in [1.165, 1.54) is 0 Å². The Kier molecular flexibility index (Phi) is 4.27. The van der Waals surface area contributed by atoms with E-state index >= 15 is 0 Å². The highest BCUT2D eigenvalue weighted by Crippen LogP contribution is 2.09. The minimum atomic E-state index is -3.07. The number of rotatable bonds is 5. The monoisotopic (exact) mass is 235 g/mol. The van der Waals surface area contributed by atoms with E-state index in [2.05, 4.69) is 6.58 Å². The zero-order chi connectivity index (χ0) is 12.0. The predicted molar refractivity (Wildman–Crippen MR) is 63.5 cm³/mol. The quantitative estimate of drug-likeness (QED) is 0.734. The lowest BCUT2D eigenvalue weighted by molar-refractivity contribution is 0.595. The standard InChI is InChI=1S/C12H13NO2S/c1-2-3-8-16(14,15)10-12-6-4-11(9-13)5-7-12/h2,4-7H,1,3,8,10H2. The molecule has 16 heavy (non-hydrogen) atoms. The van der Waals surface area contributed by atoms with Crippen molar-refractivity contribution in [2.45, 2.75) is 12.2 Å². The summed E-state index contributed by atoms with van der Waals surface area (Å²) < 4.78 is 23.2. The molecule has 84 valence electrons. The Morgan fingerprint density at radius 3 is 2.44 bits per heavy atom. The summed E-state index contributed by atoms with van der Waals surface area (Å²) in [7, 11) is -3.07. The van der Waals surface area contributed by atoms with E-state index in [-0.39, 0.29) is 11.5 Å². The highest BCUT2D eigenvalue weighted by molar-refractivity contribution is 7.90. The molecule has 0 amide bonds. The van der Waals surface area contributed by atoms with Crippen LogP contribution in [0.3, 0.4) is 0 Å². The summed E-state index contributed by atoms with van der Waals surface area (Å²) in [6.07, 6.45) is 2.06. The van der Waals surface area contributed by atoms with Crippen molar-refractivity contribution in [2.24, 2.45) is 0 Å². The van der Waals surface area contributed by atoms with Gasteiger partial charge in [0.1, 0.15) is 0 Å². The fourth-order valence-corrected chi connectivity index (χ4v) is 2.63. The lowest BCUT2D eigenvalue weighted by Crippen LogP contribution is -2.08. The fourth-order valence-electron chi connectivity index (χ4n) is 1.26. The van der Waals surface area contributed by atoms with Gasteiger partial charge in [0.05, 0.1) is 23.1 Å². The van der Waals surface area contributed by atoms with Crippen molar-refractivity contribution in [3.05, 3.63) is 48.0 Å². The van der Waals surface area contributed by atoms with Crippen molar-refractivity contribution in [1.29, 1.82) is 5.26 Å². The van der Waals surface area contributed by atoms with Gasteiger partial charge in [0.15, 0.2) is 9.84 Å². The number of nitriles is 1. The molecule has 0 spiro atoms. The Bertz CT molecular complexity index is 495. The van der Waals surface area contributed by atoms with Crippen molar-refractivity contribution in [3.8, 4) is 6.07 Å². The van der Waals surface area contributed by atoms with Crippen LogP contribution in [0.25, 0.3) is 0 Å². The van der Waals surface area contributed by atoms with Gasteiger partial charge in [-0.2, -0.15) is 5.26 Å². The average Bonchev–Trinajstić information content (AvgIpc) is 2.27. The number of hydrogen-bond donors (Lipinski definition) is 0. The number of allylic oxidation sites excluding steroid dienone is 1. The molecule has 0 bridgehead atoms. The van der Waals surface area contributed by atoms with Crippen molar-refractivity contribution in [3.63, 3.8) is 0 Å². The molecule has 1 aromatic rings. The van der Waals surface area contributed by atoms with Gasteiger partial charge in [-0.05, 0) is 24.1 Å². The van der Waals surface area contributed by atoms with Gasteiger partial charge in [-0.15, -0.1) is 6.58 Å². The molecule has 4 heteroatoms. The van der Waals surface area contributed by atoms with Gasteiger partial charge in [-0.1, -0.05) is 18.2 Å². The zero-order valence-electron chi connectivity index (χ0n) is 8.89. The second kappa shape index (κ2) is 5.47. The topological polar surface area (TPSA) is 57.9 Å². The summed E-state index contributed by atoms with van der Waals surface area (Å²) in [5.74, 6) is 0.142. The first-order valence-electron chi connectivity index (χ1n) is 4.88. The van der Waals surface area contributed by atoms with Crippen LogP contribution in [-0.2, 0) is 15.6 Å². The Labute approximate surface area is 95.9 Å². The first kappa shape index (κ1) is 12.5. The first-order valence-corrected chi connectivity index (χ1v) is 6.70. The van der Waals surface area contributed by atoms with Crippen LogP contribution in [0, 0.1) is 11.3 Å². The van der Waals surface area contributed by atoms with E-state index in [0.29, 0.717) is 17.5 Å². The maximum atomic E-state index is 11.6. The summed E-state index contributed by atoms with van der Waals surface area (Å²) in [6, 6.07) is 8.58. The molecule has 0 aliphatic carbocycles. The highest BCUT2D eigenvalue weighted by atomic mass is 32.2. The molecular weight excluding hydrogens is 222 g/mol. The molecule has 1 aromatic carbocycles. The molecule has 3 nitrogen and oxygen atoms in total. The van der Waals surface area contributed by atoms with Gasteiger partial charge < -0.3 is 0 Å². The van der Waals surface area contributed by atoms with Gasteiger partial charge in [-0.3, -0.25) is 0 Å². The van der Waals surface area contributed by atoms with Gasteiger partial charge >= 0.3 is 0 Å². The van der Waals surface area contributed by atoms with Crippen molar-refractivity contribution < 1.29 is 8.42 Å². The third kappa shape index (κ3) is 3.87. The summed E-state index contributed by atoms with van der Waals surface area (Å²) in [5, 5.41) is 8.60. The van der Waals surface area contributed by atoms with Crippen molar-refractivity contribution in [2.75, 3.05) is 5.75 Å². The van der Waals surface area contributed by atoms with Crippen molar-refractivity contribution in [1.82, 2.24) is 0 Å². The van der Waals surface area contributed by atoms with Crippen LogP contribution in [0.2, 0.25) is 0 Å². The lowest BCUT2D eigenvalue weighted by Gasteiger charge is -2.02.